The number of benzene rings is 1. The third kappa shape index (κ3) is 1.49. The summed E-state index contributed by atoms with van der Waals surface area (Å²) in [6.07, 6.45) is 0. The Kier molecular flexibility index (Phi) is 2.53. The second-order valence-electron chi connectivity index (χ2n) is 2.49. The van der Waals surface area contributed by atoms with Crippen molar-refractivity contribution in [3.63, 3.8) is 0 Å². The second kappa shape index (κ2) is 3.43. The van der Waals surface area contributed by atoms with Gasteiger partial charge in [-0.2, -0.15) is 0 Å². The molecule has 12 heavy (non-hydrogen) atoms. The third-order valence-corrected chi connectivity index (χ3v) is 1.61. The summed E-state index contributed by atoms with van der Waals surface area (Å²) in [4.78, 5) is 10.8. The molecule has 1 nitrogen and oxygen atoms in total. The molecule has 0 saturated carbocycles. The van der Waals surface area contributed by atoms with E-state index in [1.807, 2.05) is 0 Å². The zero-order valence-electron chi connectivity index (χ0n) is 6.60. The van der Waals surface area contributed by atoms with Gasteiger partial charge in [0.1, 0.15) is 5.82 Å². The zero-order valence-corrected chi connectivity index (χ0v) is 6.60. The molecule has 0 atom stereocenters. The lowest BCUT2D eigenvalue weighted by atomic mass is 10.1. The van der Waals surface area contributed by atoms with Crippen LogP contribution in [0.1, 0.15) is 15.9 Å². The number of carbonyl (C=O) groups excluding carboxylic acids is 1. The maximum atomic E-state index is 13.1. The molecule has 0 bridgehead atoms. The van der Waals surface area contributed by atoms with Gasteiger partial charge in [-0.25, -0.2) is 8.78 Å². The minimum absolute atomic E-state index is 0.169. The van der Waals surface area contributed by atoms with Gasteiger partial charge in [0, 0.05) is 0 Å². The second-order valence-corrected chi connectivity index (χ2v) is 2.49. The standard InChI is InChI=1S/C9H8F2O/c1-6-3-2-4-7(9(6)11)8(12)5-10/h2-4H,5H2,1H3. The van der Waals surface area contributed by atoms with E-state index in [1.54, 1.807) is 0 Å². The number of rotatable bonds is 2. The Balaban J connectivity index is 3.16. The molecule has 0 fully saturated rings. The van der Waals surface area contributed by atoms with Crippen molar-refractivity contribution in [2.75, 3.05) is 6.67 Å². The molecule has 0 aliphatic carbocycles. The number of halogens is 2. The number of ketones is 1. The van der Waals surface area contributed by atoms with Crippen LogP contribution in [0.2, 0.25) is 0 Å². The number of Topliss-reactive ketones (excluding diaryl/α,β-unsaturated/α-hetero) is 1. The largest absolute Gasteiger partial charge is 0.291 e. The van der Waals surface area contributed by atoms with Crippen LogP contribution in [0.25, 0.3) is 0 Å². The summed E-state index contributed by atoms with van der Waals surface area (Å²) in [5.41, 5.74) is 0.187. The molecule has 1 aromatic carbocycles. The van der Waals surface area contributed by atoms with Gasteiger partial charge in [0.05, 0.1) is 5.56 Å². The number of alkyl halides is 1. The van der Waals surface area contributed by atoms with Crippen molar-refractivity contribution in [2.45, 2.75) is 6.92 Å². The van der Waals surface area contributed by atoms with Gasteiger partial charge < -0.3 is 0 Å². The maximum Gasteiger partial charge on any atom is 0.196 e. The van der Waals surface area contributed by atoms with E-state index in [-0.39, 0.29) is 5.56 Å². The summed E-state index contributed by atoms with van der Waals surface area (Å²) in [6, 6.07) is 4.34. The summed E-state index contributed by atoms with van der Waals surface area (Å²) in [5.74, 6) is -1.43. The first-order chi connectivity index (χ1) is 5.66. The molecular weight excluding hydrogens is 162 g/mol. The van der Waals surface area contributed by atoms with Gasteiger partial charge in [-0.05, 0) is 18.6 Å². The summed E-state index contributed by atoms with van der Waals surface area (Å²) >= 11 is 0. The Morgan fingerprint density at radius 1 is 1.50 bits per heavy atom. The molecule has 0 amide bonds. The van der Waals surface area contributed by atoms with Crippen LogP contribution in [-0.4, -0.2) is 12.5 Å². The molecule has 0 spiro atoms. The summed E-state index contributed by atoms with van der Waals surface area (Å²) in [6.45, 7) is 0.380. The van der Waals surface area contributed by atoms with E-state index < -0.39 is 18.3 Å². The molecule has 0 heterocycles. The van der Waals surface area contributed by atoms with Crippen LogP contribution in [0.5, 0.6) is 0 Å². The van der Waals surface area contributed by atoms with Crippen LogP contribution in [-0.2, 0) is 0 Å². The molecule has 0 N–H and O–H groups in total. The minimum atomic E-state index is -1.15. The monoisotopic (exact) mass is 170 g/mol. The van der Waals surface area contributed by atoms with Crippen molar-refractivity contribution in [1.82, 2.24) is 0 Å². The summed E-state index contributed by atoms with van der Waals surface area (Å²) < 4.78 is 24.9. The lowest BCUT2D eigenvalue weighted by molar-refractivity contribution is 0.0954. The number of carbonyl (C=O) groups is 1. The van der Waals surface area contributed by atoms with E-state index in [1.165, 1.54) is 25.1 Å². The summed E-state index contributed by atoms with van der Waals surface area (Å²) in [7, 11) is 0. The van der Waals surface area contributed by atoms with Gasteiger partial charge >= 0.3 is 0 Å². The fraction of sp³-hybridized carbons (Fsp3) is 0.222. The Hall–Kier alpha value is -1.25. The molecule has 0 aliphatic heterocycles. The molecule has 3 heteroatoms. The van der Waals surface area contributed by atoms with E-state index in [4.69, 9.17) is 0 Å². The van der Waals surface area contributed by atoms with E-state index in [0.29, 0.717) is 5.56 Å². The fourth-order valence-corrected chi connectivity index (χ4v) is 0.935. The number of hydrogen-bond donors (Lipinski definition) is 0. The van der Waals surface area contributed by atoms with Crippen molar-refractivity contribution in [1.29, 1.82) is 0 Å². The maximum absolute atomic E-state index is 13.1. The molecule has 1 rings (SSSR count). The van der Waals surface area contributed by atoms with E-state index in [0.717, 1.165) is 0 Å². The first-order valence-electron chi connectivity index (χ1n) is 3.51. The highest BCUT2D eigenvalue weighted by Crippen LogP contribution is 2.12. The van der Waals surface area contributed by atoms with Crippen LogP contribution in [0.15, 0.2) is 18.2 Å². The highest BCUT2D eigenvalue weighted by Gasteiger charge is 2.11. The van der Waals surface area contributed by atoms with Gasteiger partial charge in [-0.15, -0.1) is 0 Å². The molecule has 0 unspecified atom stereocenters. The Morgan fingerprint density at radius 3 is 2.75 bits per heavy atom. The van der Waals surface area contributed by atoms with Crippen molar-refractivity contribution in [2.24, 2.45) is 0 Å². The lowest BCUT2D eigenvalue weighted by Crippen LogP contribution is -2.05. The van der Waals surface area contributed by atoms with E-state index in [9.17, 15) is 13.6 Å². The molecule has 64 valence electrons. The topological polar surface area (TPSA) is 17.1 Å². The van der Waals surface area contributed by atoms with Crippen LogP contribution in [0, 0.1) is 12.7 Å². The minimum Gasteiger partial charge on any atom is -0.291 e. The first-order valence-corrected chi connectivity index (χ1v) is 3.51. The van der Waals surface area contributed by atoms with E-state index >= 15 is 0 Å². The quantitative estimate of drug-likeness (QED) is 0.622. The third-order valence-electron chi connectivity index (χ3n) is 1.61. The highest BCUT2D eigenvalue weighted by molar-refractivity contribution is 5.97. The lowest BCUT2D eigenvalue weighted by Gasteiger charge is -2.00. The van der Waals surface area contributed by atoms with Gasteiger partial charge in [-0.3, -0.25) is 4.79 Å². The Labute approximate surface area is 69.0 Å². The van der Waals surface area contributed by atoms with E-state index in [2.05, 4.69) is 0 Å². The first kappa shape index (κ1) is 8.84. The van der Waals surface area contributed by atoms with Crippen LogP contribution in [0.4, 0.5) is 8.78 Å². The van der Waals surface area contributed by atoms with Crippen LogP contribution >= 0.6 is 0 Å². The predicted octanol–water partition coefficient (Wildman–Crippen LogP) is 2.29. The zero-order chi connectivity index (χ0) is 9.14. The summed E-state index contributed by atoms with van der Waals surface area (Å²) in [5, 5.41) is 0. The highest BCUT2D eigenvalue weighted by atomic mass is 19.1. The SMILES string of the molecule is Cc1cccc(C(=O)CF)c1F. The van der Waals surface area contributed by atoms with Gasteiger partial charge in [0.2, 0.25) is 0 Å². The molecule has 0 saturated heterocycles. The van der Waals surface area contributed by atoms with Crippen LogP contribution < -0.4 is 0 Å². The van der Waals surface area contributed by atoms with Gasteiger partial charge in [-0.1, -0.05) is 12.1 Å². The average Bonchev–Trinajstić information content (AvgIpc) is 2.08. The van der Waals surface area contributed by atoms with Crippen molar-refractivity contribution in [3.8, 4) is 0 Å². The molecule has 1 aromatic rings. The molecule has 0 radical (unpaired) electrons. The molecular formula is C9H8F2O. The van der Waals surface area contributed by atoms with Gasteiger partial charge in [0.25, 0.3) is 0 Å². The Morgan fingerprint density at radius 2 is 2.17 bits per heavy atom. The normalized spacial score (nSPS) is 9.92. The molecule has 0 aliphatic rings. The molecule has 0 aromatic heterocycles. The number of aryl methyl sites for hydroxylation is 1. The average molecular weight is 170 g/mol. The Bertz CT molecular complexity index is 307. The number of hydrogen-bond acceptors (Lipinski definition) is 1. The smallest absolute Gasteiger partial charge is 0.196 e. The van der Waals surface area contributed by atoms with Crippen LogP contribution in [0.3, 0.4) is 0 Å². The van der Waals surface area contributed by atoms with Crippen molar-refractivity contribution >= 4 is 5.78 Å². The predicted molar refractivity (Wildman–Crippen MR) is 41.4 cm³/mol. The van der Waals surface area contributed by atoms with Crippen molar-refractivity contribution < 1.29 is 13.6 Å². The van der Waals surface area contributed by atoms with Gasteiger partial charge in [0.15, 0.2) is 12.5 Å². The fourth-order valence-electron chi connectivity index (χ4n) is 0.935. The van der Waals surface area contributed by atoms with Crippen molar-refractivity contribution in [3.05, 3.63) is 35.1 Å².